The van der Waals surface area contributed by atoms with Crippen molar-refractivity contribution in [2.45, 2.75) is 4.90 Å². The lowest BCUT2D eigenvalue weighted by molar-refractivity contribution is -0.387. The number of thioether (sulfide) groups is 1. The van der Waals surface area contributed by atoms with Gasteiger partial charge in [0.25, 0.3) is 5.69 Å². The maximum Gasteiger partial charge on any atom is 0.313 e. The first kappa shape index (κ1) is 12.0. The number of rotatable bonds is 4. The van der Waals surface area contributed by atoms with E-state index in [-0.39, 0.29) is 21.9 Å². The lowest BCUT2D eigenvalue weighted by Crippen LogP contribution is -1.99. The van der Waals surface area contributed by atoms with Gasteiger partial charge in [0.1, 0.15) is 0 Å². The van der Waals surface area contributed by atoms with E-state index in [4.69, 9.17) is 10.4 Å². The fraction of sp³-hybridized carbons (Fsp3) is 0.111. The van der Waals surface area contributed by atoms with E-state index in [1.165, 1.54) is 12.1 Å². The van der Waals surface area contributed by atoms with Crippen molar-refractivity contribution in [3.63, 3.8) is 0 Å². The minimum absolute atomic E-state index is 0.173. The van der Waals surface area contributed by atoms with Crippen LogP contribution < -0.4 is 0 Å². The quantitative estimate of drug-likeness (QED) is 0.485. The van der Waals surface area contributed by atoms with E-state index in [1.54, 1.807) is 6.07 Å². The standard InChI is InChI=1S/C9H6N2O4S/c10-4-6-1-2-8(16-5-9(12)13)7(3-6)11(14)15/h1-3H,5H2,(H,12,13). The summed E-state index contributed by atoms with van der Waals surface area (Å²) >= 11 is 0.852. The van der Waals surface area contributed by atoms with Gasteiger partial charge < -0.3 is 5.11 Å². The van der Waals surface area contributed by atoms with Gasteiger partial charge in [-0.05, 0) is 12.1 Å². The van der Waals surface area contributed by atoms with Crippen LogP contribution in [0.5, 0.6) is 0 Å². The number of hydrogen-bond donors (Lipinski definition) is 1. The monoisotopic (exact) mass is 238 g/mol. The van der Waals surface area contributed by atoms with Gasteiger partial charge in [-0.15, -0.1) is 11.8 Å². The van der Waals surface area contributed by atoms with Crippen LogP contribution in [0.15, 0.2) is 23.1 Å². The molecule has 1 aromatic rings. The van der Waals surface area contributed by atoms with E-state index >= 15 is 0 Å². The van der Waals surface area contributed by atoms with Gasteiger partial charge >= 0.3 is 5.97 Å². The van der Waals surface area contributed by atoms with Crippen molar-refractivity contribution in [3.8, 4) is 6.07 Å². The average molecular weight is 238 g/mol. The van der Waals surface area contributed by atoms with Gasteiger partial charge in [-0.3, -0.25) is 14.9 Å². The summed E-state index contributed by atoms with van der Waals surface area (Å²) < 4.78 is 0. The first-order valence-electron chi connectivity index (χ1n) is 4.07. The molecule has 82 valence electrons. The Balaban J connectivity index is 3.04. The van der Waals surface area contributed by atoms with Crippen molar-refractivity contribution in [2.24, 2.45) is 0 Å². The summed E-state index contributed by atoms with van der Waals surface area (Å²) in [7, 11) is 0. The zero-order valence-electron chi connectivity index (χ0n) is 7.91. The second-order valence-corrected chi connectivity index (χ2v) is 3.75. The molecule has 0 spiro atoms. The third-order valence-corrected chi connectivity index (χ3v) is 2.68. The molecule has 1 N–H and O–H groups in total. The summed E-state index contributed by atoms with van der Waals surface area (Å²) in [6.07, 6.45) is 0. The Labute approximate surface area is 94.7 Å². The zero-order valence-corrected chi connectivity index (χ0v) is 8.73. The third kappa shape index (κ3) is 2.96. The van der Waals surface area contributed by atoms with Gasteiger partial charge in [-0.25, -0.2) is 0 Å². The number of aliphatic carboxylic acids is 1. The van der Waals surface area contributed by atoms with Crippen LogP contribution in [0.1, 0.15) is 5.56 Å². The lowest BCUT2D eigenvalue weighted by Gasteiger charge is -2.00. The molecule has 0 atom stereocenters. The van der Waals surface area contributed by atoms with Gasteiger partial charge in [0.05, 0.1) is 27.2 Å². The normalized spacial score (nSPS) is 9.44. The van der Waals surface area contributed by atoms with Crippen LogP contribution in [-0.2, 0) is 4.79 Å². The summed E-state index contributed by atoms with van der Waals surface area (Å²) in [5.41, 5.74) is -0.0725. The van der Waals surface area contributed by atoms with E-state index in [1.807, 2.05) is 0 Å². The van der Waals surface area contributed by atoms with Crippen LogP contribution in [0.2, 0.25) is 0 Å². The van der Waals surface area contributed by atoms with Crippen molar-refractivity contribution in [2.75, 3.05) is 5.75 Å². The molecular formula is C9H6N2O4S. The molecule has 0 fully saturated rings. The smallest absolute Gasteiger partial charge is 0.313 e. The molecular weight excluding hydrogens is 232 g/mol. The summed E-state index contributed by atoms with van der Waals surface area (Å²) in [5.74, 6) is -1.31. The number of carbonyl (C=O) groups is 1. The molecule has 0 saturated heterocycles. The Hall–Kier alpha value is -2.07. The molecule has 1 rings (SSSR count). The van der Waals surface area contributed by atoms with Crippen molar-refractivity contribution < 1.29 is 14.8 Å². The van der Waals surface area contributed by atoms with Crippen LogP contribution in [0.4, 0.5) is 5.69 Å². The van der Waals surface area contributed by atoms with Gasteiger partial charge in [-0.2, -0.15) is 5.26 Å². The van der Waals surface area contributed by atoms with E-state index in [0.29, 0.717) is 0 Å². The molecule has 0 unspecified atom stereocenters. The highest BCUT2D eigenvalue weighted by Gasteiger charge is 2.15. The Kier molecular flexibility index (Phi) is 3.85. The molecule has 6 nitrogen and oxygen atoms in total. The number of nitriles is 1. The predicted octanol–water partition coefficient (Wildman–Crippen LogP) is 1.64. The van der Waals surface area contributed by atoms with Crippen LogP contribution in [-0.4, -0.2) is 21.8 Å². The molecule has 7 heteroatoms. The van der Waals surface area contributed by atoms with Crippen LogP contribution in [0.3, 0.4) is 0 Å². The first-order chi connectivity index (χ1) is 7.54. The first-order valence-corrected chi connectivity index (χ1v) is 5.06. The molecule has 0 radical (unpaired) electrons. The van der Waals surface area contributed by atoms with Crippen LogP contribution >= 0.6 is 11.8 Å². The second kappa shape index (κ2) is 5.14. The van der Waals surface area contributed by atoms with Crippen LogP contribution in [0, 0.1) is 21.4 Å². The Morgan fingerprint density at radius 3 is 2.81 bits per heavy atom. The highest BCUT2D eigenvalue weighted by atomic mass is 32.2. The maximum atomic E-state index is 10.7. The minimum Gasteiger partial charge on any atom is -0.481 e. The average Bonchev–Trinajstić information content (AvgIpc) is 2.25. The fourth-order valence-electron chi connectivity index (χ4n) is 0.991. The van der Waals surface area contributed by atoms with Crippen molar-refractivity contribution in [1.82, 2.24) is 0 Å². The number of hydrogen-bond acceptors (Lipinski definition) is 5. The fourth-order valence-corrected chi connectivity index (χ4v) is 1.72. The SMILES string of the molecule is N#Cc1ccc(SCC(=O)O)c([N+](=O)[O-])c1. The molecule has 0 aliphatic heterocycles. The van der Waals surface area contributed by atoms with Gasteiger partial charge in [0, 0.05) is 6.07 Å². The predicted molar refractivity (Wildman–Crippen MR) is 56.2 cm³/mol. The highest BCUT2D eigenvalue weighted by Crippen LogP contribution is 2.29. The molecule has 0 aliphatic carbocycles. The number of carboxylic acids is 1. The van der Waals surface area contributed by atoms with Gasteiger partial charge in [0.2, 0.25) is 0 Å². The topological polar surface area (TPSA) is 104 Å². The summed E-state index contributed by atoms with van der Waals surface area (Å²) in [5, 5.41) is 27.7. The molecule has 0 heterocycles. The summed E-state index contributed by atoms with van der Waals surface area (Å²) in [6.45, 7) is 0. The van der Waals surface area contributed by atoms with Gasteiger partial charge in [-0.1, -0.05) is 0 Å². The largest absolute Gasteiger partial charge is 0.481 e. The molecule has 0 aromatic heterocycles. The van der Waals surface area contributed by atoms with E-state index in [0.717, 1.165) is 17.8 Å². The number of nitrogens with zero attached hydrogens (tertiary/aromatic N) is 2. The van der Waals surface area contributed by atoms with E-state index in [2.05, 4.69) is 0 Å². The van der Waals surface area contributed by atoms with Crippen molar-refractivity contribution in [3.05, 3.63) is 33.9 Å². The van der Waals surface area contributed by atoms with Gasteiger partial charge in [0.15, 0.2) is 0 Å². The van der Waals surface area contributed by atoms with E-state index < -0.39 is 10.9 Å². The number of carboxylic acid groups (broad SMARTS) is 1. The molecule has 0 saturated carbocycles. The molecule has 0 amide bonds. The van der Waals surface area contributed by atoms with Crippen molar-refractivity contribution in [1.29, 1.82) is 5.26 Å². The molecule has 16 heavy (non-hydrogen) atoms. The highest BCUT2D eigenvalue weighted by molar-refractivity contribution is 8.00. The third-order valence-electron chi connectivity index (χ3n) is 1.64. The minimum atomic E-state index is -1.05. The zero-order chi connectivity index (χ0) is 12.1. The lowest BCUT2D eigenvalue weighted by atomic mass is 10.2. The Morgan fingerprint density at radius 2 is 2.31 bits per heavy atom. The number of nitro groups is 1. The van der Waals surface area contributed by atoms with Crippen molar-refractivity contribution >= 4 is 23.4 Å². The van der Waals surface area contributed by atoms with E-state index in [9.17, 15) is 14.9 Å². The molecule has 1 aromatic carbocycles. The Morgan fingerprint density at radius 1 is 1.62 bits per heavy atom. The summed E-state index contributed by atoms with van der Waals surface area (Å²) in [4.78, 5) is 20.6. The number of benzene rings is 1. The Bertz CT molecular complexity index is 481. The second-order valence-electron chi connectivity index (χ2n) is 2.73. The van der Waals surface area contributed by atoms with Crippen LogP contribution in [0.25, 0.3) is 0 Å². The molecule has 0 bridgehead atoms. The molecule has 0 aliphatic rings. The number of nitro benzene ring substituents is 1. The summed E-state index contributed by atoms with van der Waals surface area (Å²) in [6, 6.07) is 5.71. The maximum absolute atomic E-state index is 10.7.